The summed E-state index contributed by atoms with van der Waals surface area (Å²) in [5.41, 5.74) is 2.98. The van der Waals surface area contributed by atoms with E-state index in [-0.39, 0.29) is 0 Å². The van der Waals surface area contributed by atoms with Crippen molar-refractivity contribution in [2.24, 2.45) is 0 Å². The lowest BCUT2D eigenvalue weighted by molar-refractivity contribution is 0.253. The van der Waals surface area contributed by atoms with Gasteiger partial charge < -0.3 is 9.64 Å². The van der Waals surface area contributed by atoms with Crippen molar-refractivity contribution in [2.45, 2.75) is 0 Å². The number of hydrogen-bond acceptors (Lipinski definition) is 5. The highest BCUT2D eigenvalue weighted by atomic mass is 35.5. The Morgan fingerprint density at radius 3 is 2.24 bits per heavy atom. The molecule has 156 valence electrons. The second-order valence-electron chi connectivity index (χ2n) is 6.52. The third kappa shape index (κ3) is 8.25. The van der Waals surface area contributed by atoms with Crippen molar-refractivity contribution in [1.29, 1.82) is 0 Å². The molecule has 0 aliphatic carbocycles. The van der Waals surface area contributed by atoms with Crippen molar-refractivity contribution in [3.63, 3.8) is 0 Å². The van der Waals surface area contributed by atoms with Crippen LogP contribution < -0.4 is 4.74 Å². The zero-order valence-corrected chi connectivity index (χ0v) is 18.1. The first-order valence-electron chi connectivity index (χ1n) is 8.74. The van der Waals surface area contributed by atoms with Crippen LogP contribution in [-0.2, 0) is 10.1 Å². The fourth-order valence-corrected chi connectivity index (χ4v) is 2.46. The summed E-state index contributed by atoms with van der Waals surface area (Å²) in [6.45, 7) is 1.41. The van der Waals surface area contributed by atoms with Gasteiger partial charge in [0.2, 0.25) is 5.88 Å². The molecule has 0 bridgehead atoms. The Labute approximate surface area is 176 Å². The number of aromatic nitrogens is 2. The molecule has 0 spiro atoms. The monoisotopic (exact) mass is 437 g/mol. The number of ether oxygens (including phenoxy) is 1. The molecule has 7 nitrogen and oxygen atoms in total. The number of benzene rings is 2. The van der Waals surface area contributed by atoms with E-state index in [4.69, 9.17) is 20.9 Å². The first kappa shape index (κ1) is 22.9. The van der Waals surface area contributed by atoms with Gasteiger partial charge in [-0.15, -0.1) is 5.10 Å². The maximum Gasteiger partial charge on any atom is 0.261 e. The normalized spacial score (nSPS) is 11.1. The summed E-state index contributed by atoms with van der Waals surface area (Å²) in [5.74, 6) is 0.628. The van der Waals surface area contributed by atoms with E-state index in [2.05, 4.69) is 10.00 Å². The van der Waals surface area contributed by atoms with E-state index in [1.807, 2.05) is 79.6 Å². The summed E-state index contributed by atoms with van der Waals surface area (Å²) in [5, 5.41) is 5.33. The predicted molar refractivity (Wildman–Crippen MR) is 116 cm³/mol. The molecule has 1 aromatic heterocycles. The number of halogens is 1. The van der Waals surface area contributed by atoms with Crippen LogP contribution in [0.1, 0.15) is 0 Å². The Kier molecular flexibility index (Phi) is 8.21. The molecule has 0 atom stereocenters. The quantitative estimate of drug-likeness (QED) is 0.592. The summed E-state index contributed by atoms with van der Waals surface area (Å²) < 4.78 is 33.6. The Bertz CT molecular complexity index is 996. The lowest BCUT2D eigenvalue weighted by Gasteiger charge is -2.10. The minimum absolute atomic E-state index is 0.583. The molecule has 3 aromatic rings. The van der Waals surface area contributed by atoms with Gasteiger partial charge in [-0.25, -0.2) is 4.68 Å². The smallest absolute Gasteiger partial charge is 0.261 e. The van der Waals surface area contributed by atoms with Crippen molar-refractivity contribution in [1.82, 2.24) is 14.7 Å². The van der Waals surface area contributed by atoms with Gasteiger partial charge in [0.25, 0.3) is 10.1 Å². The zero-order chi connectivity index (χ0) is 21.4. The fourth-order valence-electron chi connectivity index (χ4n) is 2.33. The van der Waals surface area contributed by atoms with Crippen LogP contribution in [0.25, 0.3) is 16.8 Å². The van der Waals surface area contributed by atoms with Gasteiger partial charge in [0.05, 0.1) is 17.5 Å². The molecule has 1 N–H and O–H groups in total. The third-order valence-electron chi connectivity index (χ3n) is 3.63. The summed E-state index contributed by atoms with van der Waals surface area (Å²) >= 11 is 6.00. The van der Waals surface area contributed by atoms with Crippen molar-refractivity contribution in [3.8, 4) is 22.7 Å². The number of likely N-dealkylation sites (N-methyl/N-ethyl adjacent to an activating group) is 1. The van der Waals surface area contributed by atoms with Crippen LogP contribution in [0.5, 0.6) is 5.88 Å². The second kappa shape index (κ2) is 10.4. The van der Waals surface area contributed by atoms with Crippen LogP contribution in [-0.4, -0.2) is 61.2 Å². The van der Waals surface area contributed by atoms with Gasteiger partial charge in [-0.3, -0.25) is 4.55 Å². The molecule has 1 heterocycles. The molecule has 3 rings (SSSR count). The molecular weight excluding hydrogens is 414 g/mol. The summed E-state index contributed by atoms with van der Waals surface area (Å²) in [6, 6.07) is 17.7. The summed E-state index contributed by atoms with van der Waals surface area (Å²) in [4.78, 5) is 2.08. The second-order valence-corrected chi connectivity index (χ2v) is 8.42. The molecule has 0 amide bonds. The lowest BCUT2D eigenvalue weighted by atomic mass is 10.1. The Morgan fingerprint density at radius 1 is 1.10 bits per heavy atom. The summed E-state index contributed by atoms with van der Waals surface area (Å²) in [7, 11) is 0.373. The van der Waals surface area contributed by atoms with Crippen LogP contribution >= 0.6 is 11.6 Å². The van der Waals surface area contributed by atoms with E-state index in [1.54, 1.807) is 0 Å². The van der Waals surface area contributed by atoms with Crippen molar-refractivity contribution < 1.29 is 17.7 Å². The molecule has 0 aliphatic rings. The van der Waals surface area contributed by atoms with Crippen molar-refractivity contribution >= 4 is 21.7 Å². The van der Waals surface area contributed by atoms with E-state index in [1.165, 1.54) is 0 Å². The van der Waals surface area contributed by atoms with Crippen molar-refractivity contribution in [3.05, 3.63) is 65.8 Å². The topological polar surface area (TPSA) is 84.7 Å². The maximum atomic E-state index is 9.19. The third-order valence-corrected chi connectivity index (χ3v) is 3.89. The van der Waals surface area contributed by atoms with Gasteiger partial charge >= 0.3 is 0 Å². The average Bonchev–Trinajstić information content (AvgIpc) is 3.06. The highest BCUT2D eigenvalue weighted by molar-refractivity contribution is 7.85. The van der Waals surface area contributed by atoms with Crippen LogP contribution in [0.4, 0.5) is 0 Å². The van der Waals surface area contributed by atoms with Crippen LogP contribution in [0.3, 0.4) is 0 Å². The lowest BCUT2D eigenvalue weighted by Crippen LogP contribution is -2.19. The van der Waals surface area contributed by atoms with Gasteiger partial charge in [-0.1, -0.05) is 41.9 Å². The molecule has 0 unspecified atom stereocenters. The van der Waals surface area contributed by atoms with Gasteiger partial charge in [0.1, 0.15) is 6.61 Å². The van der Waals surface area contributed by atoms with Crippen LogP contribution in [0.15, 0.2) is 60.8 Å². The minimum Gasteiger partial charge on any atom is -0.475 e. The number of para-hydroxylation sites is 1. The Balaban J connectivity index is 0.000000537. The van der Waals surface area contributed by atoms with Gasteiger partial charge in [-0.2, -0.15) is 8.42 Å². The van der Waals surface area contributed by atoms with E-state index >= 15 is 0 Å². The molecule has 29 heavy (non-hydrogen) atoms. The molecular formula is C20H24ClN3O4S. The van der Waals surface area contributed by atoms with Gasteiger partial charge in [0, 0.05) is 17.8 Å². The number of nitrogens with zero attached hydrogens (tertiary/aromatic N) is 3. The number of hydrogen-bond donors (Lipinski definition) is 1. The predicted octanol–water partition coefficient (Wildman–Crippen LogP) is 3.64. The SMILES string of the molecule is CN(C)CCOc1nn(-c2ccccc2)cc1-c1ccc(Cl)cc1.CS(=O)(=O)O. The summed E-state index contributed by atoms with van der Waals surface area (Å²) in [6.07, 6.45) is 2.70. The largest absolute Gasteiger partial charge is 0.475 e. The molecule has 0 saturated carbocycles. The molecule has 9 heteroatoms. The highest BCUT2D eigenvalue weighted by Crippen LogP contribution is 2.31. The van der Waals surface area contributed by atoms with Gasteiger partial charge in [-0.05, 0) is 43.9 Å². The van der Waals surface area contributed by atoms with E-state index in [0.29, 0.717) is 23.8 Å². The molecule has 0 aliphatic heterocycles. The van der Waals surface area contributed by atoms with E-state index in [0.717, 1.165) is 23.4 Å². The van der Waals surface area contributed by atoms with Crippen molar-refractivity contribution in [2.75, 3.05) is 33.5 Å². The average molecular weight is 438 g/mol. The van der Waals surface area contributed by atoms with Crippen LogP contribution in [0, 0.1) is 0 Å². The standard InChI is InChI=1S/C19H20ClN3O.CH4O3S/c1-22(2)12-13-24-19-18(15-8-10-16(20)11-9-15)14-23(21-19)17-6-4-3-5-7-17;1-5(2,3)4/h3-11,14H,12-13H2,1-2H3;1H3,(H,2,3,4). The van der Waals surface area contributed by atoms with E-state index in [9.17, 15) is 8.42 Å². The minimum atomic E-state index is -3.67. The van der Waals surface area contributed by atoms with Gasteiger partial charge in [0.15, 0.2) is 0 Å². The van der Waals surface area contributed by atoms with Crippen LogP contribution in [0.2, 0.25) is 5.02 Å². The first-order valence-corrected chi connectivity index (χ1v) is 11.0. The Hall–Kier alpha value is -2.39. The molecule has 0 radical (unpaired) electrons. The molecule has 0 saturated heterocycles. The molecule has 0 fully saturated rings. The Morgan fingerprint density at radius 2 is 1.69 bits per heavy atom. The maximum absolute atomic E-state index is 9.19. The fraction of sp³-hybridized carbons (Fsp3) is 0.250. The number of rotatable bonds is 6. The highest BCUT2D eigenvalue weighted by Gasteiger charge is 2.13. The van der Waals surface area contributed by atoms with E-state index < -0.39 is 10.1 Å². The first-order chi connectivity index (χ1) is 13.6. The molecule has 2 aromatic carbocycles. The zero-order valence-electron chi connectivity index (χ0n) is 16.5.